The predicted octanol–water partition coefficient (Wildman–Crippen LogP) is 1.18. The van der Waals surface area contributed by atoms with Crippen molar-refractivity contribution >= 4 is 23.3 Å². The summed E-state index contributed by atoms with van der Waals surface area (Å²) in [7, 11) is 3.12. The van der Waals surface area contributed by atoms with Crippen LogP contribution in [0.25, 0.3) is 0 Å². The Bertz CT molecular complexity index is 499. The van der Waals surface area contributed by atoms with E-state index in [1.807, 2.05) is 18.2 Å². The Kier molecular flexibility index (Phi) is 3.23. The number of rotatable bonds is 3. The molecule has 1 heterocycles. The molecular formula is C13H16N2O3. The van der Waals surface area contributed by atoms with Crippen molar-refractivity contribution in [3.05, 3.63) is 23.8 Å². The summed E-state index contributed by atoms with van der Waals surface area (Å²) in [5.41, 5.74) is 2.72. The van der Waals surface area contributed by atoms with Gasteiger partial charge in [0.25, 0.3) is 0 Å². The van der Waals surface area contributed by atoms with E-state index in [0.717, 1.165) is 16.9 Å². The lowest BCUT2D eigenvalue weighted by atomic mass is 10.1. The highest BCUT2D eigenvalue weighted by molar-refractivity contribution is 6.01. The van der Waals surface area contributed by atoms with Crippen molar-refractivity contribution in [1.29, 1.82) is 0 Å². The lowest BCUT2D eigenvalue weighted by Gasteiger charge is -2.14. The summed E-state index contributed by atoms with van der Waals surface area (Å²) in [4.78, 5) is 24.5. The molecular weight excluding hydrogens is 232 g/mol. The summed E-state index contributed by atoms with van der Waals surface area (Å²) < 4.78 is 4.65. The molecule has 96 valence electrons. The highest BCUT2D eigenvalue weighted by Gasteiger charge is 2.24. The average Bonchev–Trinajstić information content (AvgIpc) is 2.63. The number of esters is 1. The van der Waals surface area contributed by atoms with Gasteiger partial charge in [0.1, 0.15) is 6.04 Å². The third kappa shape index (κ3) is 2.16. The van der Waals surface area contributed by atoms with Crippen LogP contribution in [0.5, 0.6) is 0 Å². The number of amides is 1. The fourth-order valence-electron chi connectivity index (χ4n) is 2.05. The maximum atomic E-state index is 11.6. The van der Waals surface area contributed by atoms with Gasteiger partial charge in [0.2, 0.25) is 5.91 Å². The average molecular weight is 248 g/mol. The molecule has 1 atom stereocenters. The molecule has 1 N–H and O–H groups in total. The van der Waals surface area contributed by atoms with Crippen LogP contribution < -0.4 is 10.2 Å². The Morgan fingerprint density at radius 3 is 2.89 bits per heavy atom. The fraction of sp³-hybridized carbons (Fsp3) is 0.385. The minimum absolute atomic E-state index is 0.0863. The Balaban J connectivity index is 2.16. The standard InChI is InChI=1S/C13H16N2O3/c1-8(13(17)18-3)14-10-4-5-11-9(6-10)7-12(16)15(11)2/h4-6,8,14H,7H2,1-3H3. The van der Waals surface area contributed by atoms with Crippen molar-refractivity contribution < 1.29 is 14.3 Å². The van der Waals surface area contributed by atoms with E-state index in [1.165, 1.54) is 7.11 Å². The first-order valence-corrected chi connectivity index (χ1v) is 5.76. The monoisotopic (exact) mass is 248 g/mol. The minimum atomic E-state index is -0.414. The number of hydrogen-bond donors (Lipinski definition) is 1. The third-order valence-corrected chi connectivity index (χ3v) is 3.09. The van der Waals surface area contributed by atoms with Gasteiger partial charge in [-0.25, -0.2) is 4.79 Å². The SMILES string of the molecule is COC(=O)C(C)Nc1ccc2c(c1)CC(=O)N2C. The lowest BCUT2D eigenvalue weighted by molar-refractivity contribution is -0.141. The van der Waals surface area contributed by atoms with Crippen LogP contribution in [0.1, 0.15) is 12.5 Å². The number of ether oxygens (including phenoxy) is 1. The minimum Gasteiger partial charge on any atom is -0.467 e. The first kappa shape index (κ1) is 12.4. The van der Waals surface area contributed by atoms with Gasteiger partial charge in [0.15, 0.2) is 0 Å². The van der Waals surface area contributed by atoms with Crippen LogP contribution in [0.4, 0.5) is 11.4 Å². The van der Waals surface area contributed by atoms with Crippen LogP contribution in [-0.2, 0) is 20.7 Å². The topological polar surface area (TPSA) is 58.6 Å². The van der Waals surface area contributed by atoms with E-state index in [2.05, 4.69) is 10.1 Å². The van der Waals surface area contributed by atoms with Gasteiger partial charge in [0.05, 0.1) is 13.5 Å². The van der Waals surface area contributed by atoms with Crippen molar-refractivity contribution in [3.63, 3.8) is 0 Å². The maximum Gasteiger partial charge on any atom is 0.327 e. The van der Waals surface area contributed by atoms with E-state index < -0.39 is 6.04 Å². The molecule has 0 spiro atoms. The first-order valence-electron chi connectivity index (χ1n) is 5.76. The van der Waals surface area contributed by atoms with E-state index in [1.54, 1.807) is 18.9 Å². The lowest BCUT2D eigenvalue weighted by Crippen LogP contribution is -2.27. The molecule has 0 saturated carbocycles. The molecule has 0 saturated heterocycles. The summed E-state index contributed by atoms with van der Waals surface area (Å²) in [6.07, 6.45) is 0.411. The van der Waals surface area contributed by atoms with Crippen LogP contribution in [-0.4, -0.2) is 32.1 Å². The molecule has 2 rings (SSSR count). The molecule has 5 nitrogen and oxygen atoms in total. The molecule has 0 bridgehead atoms. The van der Waals surface area contributed by atoms with Crippen LogP contribution >= 0.6 is 0 Å². The number of carbonyl (C=O) groups is 2. The van der Waals surface area contributed by atoms with Crippen molar-refractivity contribution in [2.45, 2.75) is 19.4 Å². The summed E-state index contributed by atoms with van der Waals surface area (Å²) in [6.45, 7) is 1.73. The van der Waals surface area contributed by atoms with Gasteiger partial charge in [-0.15, -0.1) is 0 Å². The number of anilines is 2. The van der Waals surface area contributed by atoms with Gasteiger partial charge in [-0.1, -0.05) is 0 Å². The van der Waals surface area contributed by atoms with Gasteiger partial charge in [-0.2, -0.15) is 0 Å². The smallest absolute Gasteiger partial charge is 0.327 e. The van der Waals surface area contributed by atoms with Crippen molar-refractivity contribution in [1.82, 2.24) is 0 Å². The van der Waals surface area contributed by atoms with Gasteiger partial charge in [-0.3, -0.25) is 4.79 Å². The molecule has 5 heteroatoms. The molecule has 1 aromatic rings. The third-order valence-electron chi connectivity index (χ3n) is 3.09. The van der Waals surface area contributed by atoms with Crippen LogP contribution in [0, 0.1) is 0 Å². The summed E-state index contributed by atoms with van der Waals surface area (Å²) in [5.74, 6) is -0.230. The summed E-state index contributed by atoms with van der Waals surface area (Å²) in [6, 6.07) is 5.22. The number of nitrogens with one attached hydrogen (secondary N) is 1. The normalized spacial score (nSPS) is 15.3. The first-order chi connectivity index (χ1) is 8.52. The Labute approximate surface area is 106 Å². The van der Waals surface area contributed by atoms with Crippen LogP contribution in [0.3, 0.4) is 0 Å². The number of nitrogens with zero attached hydrogens (tertiary/aromatic N) is 1. The summed E-state index contributed by atoms with van der Waals surface area (Å²) >= 11 is 0. The molecule has 1 aliphatic rings. The zero-order chi connectivity index (χ0) is 13.3. The van der Waals surface area contributed by atoms with E-state index >= 15 is 0 Å². The Morgan fingerprint density at radius 1 is 1.50 bits per heavy atom. The zero-order valence-corrected chi connectivity index (χ0v) is 10.7. The predicted molar refractivity (Wildman–Crippen MR) is 68.7 cm³/mol. The van der Waals surface area contributed by atoms with Gasteiger partial charge < -0.3 is 15.0 Å². The second-order valence-corrected chi connectivity index (χ2v) is 4.36. The van der Waals surface area contributed by atoms with Gasteiger partial charge in [-0.05, 0) is 30.7 Å². The zero-order valence-electron chi connectivity index (χ0n) is 10.7. The van der Waals surface area contributed by atoms with Gasteiger partial charge in [0, 0.05) is 18.4 Å². The molecule has 1 aromatic carbocycles. The molecule has 0 radical (unpaired) electrons. The number of methoxy groups -OCH3 is 1. The Morgan fingerprint density at radius 2 is 2.22 bits per heavy atom. The fourth-order valence-corrected chi connectivity index (χ4v) is 2.05. The molecule has 0 aromatic heterocycles. The Hall–Kier alpha value is -2.04. The molecule has 0 aliphatic carbocycles. The number of hydrogen-bond acceptors (Lipinski definition) is 4. The molecule has 18 heavy (non-hydrogen) atoms. The molecule has 1 aliphatic heterocycles. The van der Waals surface area contributed by atoms with Crippen molar-refractivity contribution in [3.8, 4) is 0 Å². The van der Waals surface area contributed by atoms with E-state index in [4.69, 9.17) is 0 Å². The van der Waals surface area contributed by atoms with Gasteiger partial charge >= 0.3 is 5.97 Å². The van der Waals surface area contributed by atoms with E-state index in [9.17, 15) is 9.59 Å². The van der Waals surface area contributed by atoms with Crippen molar-refractivity contribution in [2.24, 2.45) is 0 Å². The van der Waals surface area contributed by atoms with Crippen molar-refractivity contribution in [2.75, 3.05) is 24.4 Å². The second kappa shape index (κ2) is 4.68. The molecule has 1 unspecified atom stereocenters. The highest BCUT2D eigenvalue weighted by atomic mass is 16.5. The molecule has 1 amide bonds. The summed E-state index contributed by atoms with van der Waals surface area (Å²) in [5, 5.41) is 3.05. The highest BCUT2D eigenvalue weighted by Crippen LogP contribution is 2.30. The van der Waals surface area contributed by atoms with E-state index in [0.29, 0.717) is 6.42 Å². The number of benzene rings is 1. The maximum absolute atomic E-state index is 11.6. The number of fused-ring (bicyclic) bond motifs is 1. The quantitative estimate of drug-likeness (QED) is 0.816. The van der Waals surface area contributed by atoms with Crippen LogP contribution in [0.2, 0.25) is 0 Å². The molecule has 0 fully saturated rings. The van der Waals surface area contributed by atoms with E-state index in [-0.39, 0.29) is 11.9 Å². The number of carbonyl (C=O) groups excluding carboxylic acids is 2. The second-order valence-electron chi connectivity index (χ2n) is 4.36. The number of likely N-dealkylation sites (N-methyl/N-ethyl adjacent to an activating group) is 1. The van der Waals surface area contributed by atoms with Crippen LogP contribution in [0.15, 0.2) is 18.2 Å². The largest absolute Gasteiger partial charge is 0.467 e.